The van der Waals surface area contributed by atoms with Gasteiger partial charge in [-0.2, -0.15) is 4.98 Å². The summed E-state index contributed by atoms with van der Waals surface area (Å²) in [5.41, 5.74) is 1.51. The molecule has 1 aliphatic heterocycles. The van der Waals surface area contributed by atoms with E-state index in [9.17, 15) is 4.79 Å². The van der Waals surface area contributed by atoms with Gasteiger partial charge in [0.2, 0.25) is 0 Å². The number of nitrogens with zero attached hydrogens (tertiary/aromatic N) is 5. The number of likely N-dealkylation sites (tertiary alicyclic amines) is 1. The van der Waals surface area contributed by atoms with Gasteiger partial charge in [-0.1, -0.05) is 5.16 Å². The number of pyridine rings is 1. The second-order valence-corrected chi connectivity index (χ2v) is 6.58. The number of hydrogen-bond acceptors (Lipinski definition) is 6. The zero-order valence-electron chi connectivity index (χ0n) is 15.1. The first-order valence-corrected chi connectivity index (χ1v) is 8.96. The Bertz CT molecular complexity index is 905. The molecule has 0 bridgehead atoms. The minimum Gasteiger partial charge on any atom is -0.368 e. The summed E-state index contributed by atoms with van der Waals surface area (Å²) in [5.74, 6) is 0.975. The lowest BCUT2D eigenvalue weighted by atomic mass is 10.1. The number of carbonyl (C=O) groups excluding carboxylic acids is 1. The Kier molecular flexibility index (Phi) is 4.97. The Labute approximate surface area is 156 Å². The van der Waals surface area contributed by atoms with Crippen molar-refractivity contribution >= 4 is 5.91 Å². The van der Waals surface area contributed by atoms with E-state index in [1.165, 1.54) is 0 Å². The average molecular weight is 367 g/mol. The fourth-order valence-electron chi connectivity index (χ4n) is 3.22. The van der Waals surface area contributed by atoms with Crippen LogP contribution in [0.5, 0.6) is 0 Å². The van der Waals surface area contributed by atoms with Gasteiger partial charge in [-0.15, -0.1) is 0 Å². The van der Waals surface area contributed by atoms with Crippen LogP contribution in [0.1, 0.15) is 29.2 Å². The van der Waals surface area contributed by atoms with Gasteiger partial charge >= 0.3 is 0 Å². The largest absolute Gasteiger partial charge is 0.368 e. The zero-order chi connectivity index (χ0) is 18.6. The molecule has 1 saturated heterocycles. The van der Waals surface area contributed by atoms with E-state index in [2.05, 4.69) is 15.1 Å². The molecule has 3 aromatic rings. The number of hydrogen-bond donors (Lipinski definition) is 0. The van der Waals surface area contributed by atoms with E-state index >= 15 is 0 Å². The van der Waals surface area contributed by atoms with Crippen molar-refractivity contribution in [3.63, 3.8) is 0 Å². The molecule has 0 aromatic carbocycles. The average Bonchev–Trinajstić information content (AvgIpc) is 3.36. The molecule has 4 heterocycles. The number of ether oxygens (including phenoxy) is 1. The van der Waals surface area contributed by atoms with Gasteiger partial charge < -0.3 is 18.7 Å². The van der Waals surface area contributed by atoms with Gasteiger partial charge in [0.25, 0.3) is 11.8 Å². The van der Waals surface area contributed by atoms with Crippen molar-refractivity contribution in [2.75, 3.05) is 13.1 Å². The summed E-state index contributed by atoms with van der Waals surface area (Å²) in [6.07, 6.45) is 7.01. The molecule has 8 heteroatoms. The van der Waals surface area contributed by atoms with E-state index < -0.39 is 0 Å². The highest BCUT2D eigenvalue weighted by Crippen LogP contribution is 2.19. The molecule has 0 aliphatic carbocycles. The third-order valence-corrected chi connectivity index (χ3v) is 4.67. The summed E-state index contributed by atoms with van der Waals surface area (Å²) < 4.78 is 13.1. The van der Waals surface area contributed by atoms with Crippen LogP contribution in [0.15, 0.2) is 47.4 Å². The molecule has 0 N–H and O–H groups in total. The Morgan fingerprint density at radius 1 is 1.33 bits per heavy atom. The smallest absolute Gasteiger partial charge is 0.270 e. The molecule has 140 valence electrons. The molecule has 8 nitrogen and oxygen atoms in total. The lowest BCUT2D eigenvalue weighted by Gasteiger charge is -2.32. The van der Waals surface area contributed by atoms with Crippen molar-refractivity contribution in [2.45, 2.75) is 25.6 Å². The van der Waals surface area contributed by atoms with Crippen LogP contribution < -0.4 is 0 Å². The van der Waals surface area contributed by atoms with Crippen molar-refractivity contribution in [1.82, 2.24) is 24.6 Å². The van der Waals surface area contributed by atoms with E-state index in [0.717, 1.165) is 24.9 Å². The molecule has 1 unspecified atom stereocenters. The highest BCUT2D eigenvalue weighted by molar-refractivity contribution is 5.92. The second-order valence-electron chi connectivity index (χ2n) is 6.58. The molecule has 1 aliphatic rings. The first-order valence-electron chi connectivity index (χ1n) is 8.96. The highest BCUT2D eigenvalue weighted by atomic mass is 16.5. The van der Waals surface area contributed by atoms with Crippen molar-refractivity contribution < 1.29 is 14.1 Å². The summed E-state index contributed by atoms with van der Waals surface area (Å²) in [6, 6.07) is 7.34. The molecule has 1 atom stereocenters. The van der Waals surface area contributed by atoms with Crippen LogP contribution in [0.25, 0.3) is 11.5 Å². The van der Waals surface area contributed by atoms with Gasteiger partial charge in [0.1, 0.15) is 12.3 Å². The van der Waals surface area contributed by atoms with Crippen molar-refractivity contribution in [3.05, 3.63) is 54.4 Å². The van der Waals surface area contributed by atoms with Crippen LogP contribution >= 0.6 is 0 Å². The first kappa shape index (κ1) is 17.4. The van der Waals surface area contributed by atoms with Crippen LogP contribution in [0.2, 0.25) is 0 Å². The molecule has 3 aromatic heterocycles. The van der Waals surface area contributed by atoms with Gasteiger partial charge in [-0.05, 0) is 37.1 Å². The van der Waals surface area contributed by atoms with Crippen LogP contribution in [0, 0.1) is 0 Å². The standard InChI is InChI=1S/C19H21N5O3/c1-23-10-3-5-16(23)19(25)24-11-2-4-15(12-24)26-13-17-21-18(27-22-17)14-6-8-20-9-7-14/h3,5-10,15H,2,4,11-13H2,1H3. The molecule has 0 radical (unpaired) electrons. The molecule has 1 amide bonds. The summed E-state index contributed by atoms with van der Waals surface area (Å²) in [6.45, 7) is 1.57. The van der Waals surface area contributed by atoms with Crippen LogP contribution in [0.3, 0.4) is 0 Å². The maximum absolute atomic E-state index is 12.7. The minimum absolute atomic E-state index is 0.0363. The van der Waals surface area contributed by atoms with E-state index in [4.69, 9.17) is 9.26 Å². The van der Waals surface area contributed by atoms with Gasteiger partial charge in [0.05, 0.1) is 6.10 Å². The first-order chi connectivity index (χ1) is 13.2. The van der Waals surface area contributed by atoms with E-state index in [1.54, 1.807) is 12.4 Å². The fraction of sp³-hybridized carbons (Fsp3) is 0.368. The molecular formula is C19H21N5O3. The Hall–Kier alpha value is -3.00. The monoisotopic (exact) mass is 367 g/mol. The van der Waals surface area contributed by atoms with E-state index in [-0.39, 0.29) is 18.6 Å². The molecule has 0 saturated carbocycles. The summed E-state index contributed by atoms with van der Waals surface area (Å²) in [4.78, 5) is 22.8. The van der Waals surface area contributed by atoms with Crippen LogP contribution in [-0.2, 0) is 18.4 Å². The molecular weight excluding hydrogens is 346 g/mol. The number of aryl methyl sites for hydroxylation is 1. The van der Waals surface area contributed by atoms with Crippen LogP contribution in [0.4, 0.5) is 0 Å². The topological polar surface area (TPSA) is 86.3 Å². The predicted molar refractivity (Wildman–Crippen MR) is 96.7 cm³/mol. The maximum Gasteiger partial charge on any atom is 0.270 e. The van der Waals surface area contributed by atoms with Crippen molar-refractivity contribution in [3.8, 4) is 11.5 Å². The van der Waals surface area contributed by atoms with Gasteiger partial charge in [0, 0.05) is 44.3 Å². The quantitative estimate of drug-likeness (QED) is 0.688. The molecule has 4 rings (SSSR count). The van der Waals surface area contributed by atoms with E-state index in [0.29, 0.717) is 24.0 Å². The number of rotatable bonds is 5. The molecule has 1 fully saturated rings. The third kappa shape index (κ3) is 3.90. The normalized spacial score (nSPS) is 17.2. The second kappa shape index (κ2) is 7.71. The summed E-state index contributed by atoms with van der Waals surface area (Å²) in [5, 5.41) is 3.97. The summed E-state index contributed by atoms with van der Waals surface area (Å²) in [7, 11) is 1.88. The van der Waals surface area contributed by atoms with Crippen LogP contribution in [-0.4, -0.2) is 49.7 Å². The molecule has 27 heavy (non-hydrogen) atoms. The number of piperidine rings is 1. The highest BCUT2D eigenvalue weighted by Gasteiger charge is 2.26. The Balaban J connectivity index is 1.34. The lowest BCUT2D eigenvalue weighted by molar-refractivity contribution is -0.00985. The van der Waals surface area contributed by atoms with Gasteiger partial charge in [0.15, 0.2) is 5.82 Å². The Morgan fingerprint density at radius 2 is 2.19 bits per heavy atom. The number of aromatic nitrogens is 4. The van der Waals surface area contributed by atoms with Crippen molar-refractivity contribution in [1.29, 1.82) is 0 Å². The Morgan fingerprint density at radius 3 is 2.96 bits per heavy atom. The van der Waals surface area contributed by atoms with Gasteiger partial charge in [-0.3, -0.25) is 9.78 Å². The summed E-state index contributed by atoms with van der Waals surface area (Å²) >= 11 is 0. The molecule has 0 spiro atoms. The number of amides is 1. The zero-order valence-corrected chi connectivity index (χ0v) is 15.1. The predicted octanol–water partition coefficient (Wildman–Crippen LogP) is 2.29. The SMILES string of the molecule is Cn1cccc1C(=O)N1CCCC(OCc2noc(-c3ccncc3)n2)C1. The maximum atomic E-state index is 12.7. The van der Waals surface area contributed by atoms with Crippen molar-refractivity contribution in [2.24, 2.45) is 7.05 Å². The lowest BCUT2D eigenvalue weighted by Crippen LogP contribution is -2.43. The van der Waals surface area contributed by atoms with Gasteiger partial charge in [-0.25, -0.2) is 0 Å². The number of carbonyl (C=O) groups is 1. The fourth-order valence-corrected chi connectivity index (χ4v) is 3.22. The third-order valence-electron chi connectivity index (χ3n) is 4.67. The minimum atomic E-state index is -0.0363. The van der Waals surface area contributed by atoms with E-state index in [1.807, 2.05) is 47.0 Å².